The van der Waals surface area contributed by atoms with Crippen LogP contribution in [0.5, 0.6) is 0 Å². The Morgan fingerprint density at radius 3 is 2.65 bits per heavy atom. The van der Waals surface area contributed by atoms with Gasteiger partial charge in [0, 0.05) is 19.4 Å². The van der Waals surface area contributed by atoms with Gasteiger partial charge in [-0.25, -0.2) is 4.98 Å². The number of nitrogens with one attached hydrogen (secondary N) is 2. The number of aromatic nitrogens is 4. The van der Waals surface area contributed by atoms with E-state index in [4.69, 9.17) is 11.6 Å². The molecule has 20 heavy (non-hydrogen) atoms. The molecule has 0 aliphatic rings. The summed E-state index contributed by atoms with van der Waals surface area (Å²) >= 11 is 6.05. The molecule has 0 unspecified atom stereocenters. The molecule has 0 aromatic carbocycles. The number of H-pyrrole nitrogens is 1. The fourth-order valence-corrected chi connectivity index (χ4v) is 2.15. The summed E-state index contributed by atoms with van der Waals surface area (Å²) in [6.07, 6.45) is 3.56. The Morgan fingerprint density at radius 2 is 2.20 bits per heavy atom. The predicted octanol–water partition coefficient (Wildman–Crippen LogP) is 2.23. The molecule has 2 rings (SSSR count). The molecule has 2 heterocycles. The number of nitrogens with zero attached hydrogens (tertiary/aromatic N) is 3. The number of imidazole rings is 1. The molecule has 0 spiro atoms. The van der Waals surface area contributed by atoms with E-state index in [1.54, 1.807) is 13.1 Å². The fourth-order valence-electron chi connectivity index (χ4n) is 1.98. The van der Waals surface area contributed by atoms with Gasteiger partial charge in [0.2, 0.25) is 0 Å². The molecule has 108 valence electrons. The number of halogens is 1. The molecule has 7 heteroatoms. The molecular formula is C13H18ClN5O. The second-order valence-electron chi connectivity index (χ2n) is 5.10. The monoisotopic (exact) mass is 295 g/mol. The molecule has 2 aromatic rings. The highest BCUT2D eigenvalue weighted by molar-refractivity contribution is 6.34. The first-order chi connectivity index (χ1) is 9.41. The van der Waals surface area contributed by atoms with Gasteiger partial charge in [-0.3, -0.25) is 9.89 Å². The van der Waals surface area contributed by atoms with Crippen molar-refractivity contribution in [1.29, 1.82) is 0 Å². The van der Waals surface area contributed by atoms with Gasteiger partial charge >= 0.3 is 0 Å². The summed E-state index contributed by atoms with van der Waals surface area (Å²) in [5, 5.41) is 9.93. The van der Waals surface area contributed by atoms with Gasteiger partial charge in [0.15, 0.2) is 5.69 Å². The maximum atomic E-state index is 12.3. The Kier molecular flexibility index (Phi) is 4.13. The number of hydrogen-bond acceptors (Lipinski definition) is 3. The third-order valence-corrected chi connectivity index (χ3v) is 3.64. The van der Waals surface area contributed by atoms with E-state index in [0.29, 0.717) is 10.7 Å². The molecule has 2 aromatic heterocycles. The molecule has 0 radical (unpaired) electrons. The van der Waals surface area contributed by atoms with Crippen LogP contribution < -0.4 is 5.32 Å². The fraction of sp³-hybridized carbons (Fsp3) is 0.462. The lowest BCUT2D eigenvalue weighted by Crippen LogP contribution is -2.33. The Bertz CT molecular complexity index is 616. The van der Waals surface area contributed by atoms with Crippen LogP contribution in [0.15, 0.2) is 12.4 Å². The van der Waals surface area contributed by atoms with Crippen molar-refractivity contribution in [2.24, 2.45) is 13.0 Å². The second-order valence-corrected chi connectivity index (χ2v) is 5.48. The molecule has 1 amide bonds. The summed E-state index contributed by atoms with van der Waals surface area (Å²) < 4.78 is 1.89. The lowest BCUT2D eigenvalue weighted by Gasteiger charge is -2.21. The number of rotatable bonds is 4. The van der Waals surface area contributed by atoms with Crippen LogP contribution >= 0.6 is 11.6 Å². The van der Waals surface area contributed by atoms with Crippen LogP contribution in [-0.2, 0) is 7.05 Å². The zero-order valence-electron chi connectivity index (χ0n) is 11.9. The van der Waals surface area contributed by atoms with E-state index in [1.165, 1.54) is 0 Å². The zero-order chi connectivity index (χ0) is 14.9. The molecule has 6 nitrogen and oxygen atoms in total. The van der Waals surface area contributed by atoms with E-state index in [0.717, 1.165) is 5.82 Å². The predicted molar refractivity (Wildman–Crippen MR) is 76.6 cm³/mol. The average Bonchev–Trinajstić information content (AvgIpc) is 2.94. The molecule has 0 saturated heterocycles. The van der Waals surface area contributed by atoms with E-state index in [2.05, 4.69) is 20.5 Å². The first-order valence-corrected chi connectivity index (χ1v) is 6.78. The van der Waals surface area contributed by atoms with Crippen LogP contribution in [0.25, 0.3) is 0 Å². The molecule has 0 saturated carbocycles. The molecule has 0 aliphatic carbocycles. The Hall–Kier alpha value is -1.82. The number of carbonyl (C=O) groups excluding carboxylic acids is 1. The lowest BCUT2D eigenvalue weighted by molar-refractivity contribution is 0.0917. The quantitative estimate of drug-likeness (QED) is 0.908. The van der Waals surface area contributed by atoms with Gasteiger partial charge in [0.05, 0.1) is 16.8 Å². The summed E-state index contributed by atoms with van der Waals surface area (Å²) in [5.74, 6) is 0.691. The van der Waals surface area contributed by atoms with Gasteiger partial charge in [-0.1, -0.05) is 25.4 Å². The number of aryl methyl sites for hydroxylation is 2. The topological polar surface area (TPSA) is 75.6 Å². The van der Waals surface area contributed by atoms with E-state index >= 15 is 0 Å². The lowest BCUT2D eigenvalue weighted by atomic mass is 10.0. The highest BCUT2D eigenvalue weighted by Gasteiger charge is 2.25. The van der Waals surface area contributed by atoms with Crippen molar-refractivity contribution in [2.45, 2.75) is 26.8 Å². The zero-order valence-corrected chi connectivity index (χ0v) is 12.7. The van der Waals surface area contributed by atoms with Crippen LogP contribution in [0.2, 0.25) is 5.02 Å². The number of aromatic amines is 1. The minimum atomic E-state index is -0.305. The maximum absolute atomic E-state index is 12.3. The van der Waals surface area contributed by atoms with Crippen molar-refractivity contribution >= 4 is 17.5 Å². The third-order valence-electron chi connectivity index (χ3n) is 3.18. The van der Waals surface area contributed by atoms with E-state index in [9.17, 15) is 4.79 Å². The van der Waals surface area contributed by atoms with Crippen molar-refractivity contribution < 1.29 is 4.79 Å². The highest BCUT2D eigenvalue weighted by Crippen LogP contribution is 2.22. The van der Waals surface area contributed by atoms with Gasteiger partial charge in [-0.05, 0) is 12.8 Å². The van der Waals surface area contributed by atoms with Gasteiger partial charge in [-0.2, -0.15) is 5.10 Å². The summed E-state index contributed by atoms with van der Waals surface area (Å²) in [4.78, 5) is 16.6. The van der Waals surface area contributed by atoms with E-state index in [1.807, 2.05) is 31.7 Å². The largest absolute Gasteiger partial charge is 0.340 e. The highest BCUT2D eigenvalue weighted by atomic mass is 35.5. The van der Waals surface area contributed by atoms with Gasteiger partial charge in [-0.15, -0.1) is 0 Å². The summed E-state index contributed by atoms with van der Waals surface area (Å²) in [5.41, 5.74) is 0.888. The van der Waals surface area contributed by atoms with Gasteiger partial charge in [0.25, 0.3) is 5.91 Å². The Morgan fingerprint density at radius 1 is 1.50 bits per heavy atom. The molecule has 1 atom stereocenters. The molecule has 0 fully saturated rings. The van der Waals surface area contributed by atoms with Gasteiger partial charge in [0.1, 0.15) is 5.82 Å². The van der Waals surface area contributed by atoms with Crippen LogP contribution in [0, 0.1) is 12.8 Å². The number of hydrogen-bond donors (Lipinski definition) is 2. The number of amides is 1. The minimum absolute atomic E-state index is 0.193. The molecule has 0 bridgehead atoms. The third kappa shape index (κ3) is 2.70. The van der Waals surface area contributed by atoms with Crippen molar-refractivity contribution in [2.75, 3.05) is 0 Å². The second kappa shape index (κ2) is 5.66. The summed E-state index contributed by atoms with van der Waals surface area (Å²) in [6, 6.07) is -0.199. The molecule has 2 N–H and O–H groups in total. The molecule has 0 aliphatic heterocycles. The standard InChI is InChI=1S/C13H18ClN5O/c1-7(2)10(12-15-5-6-19(12)4)16-13(20)11-9(14)8(3)17-18-11/h5-7,10H,1-4H3,(H,16,20)(H,17,18)/t10-/m0/s1. The SMILES string of the molecule is Cc1[nH]nc(C(=O)N[C@H](c2nccn2C)C(C)C)c1Cl. The van der Waals surface area contributed by atoms with Gasteiger partial charge < -0.3 is 9.88 Å². The maximum Gasteiger partial charge on any atom is 0.273 e. The van der Waals surface area contributed by atoms with Crippen molar-refractivity contribution in [3.8, 4) is 0 Å². The normalized spacial score (nSPS) is 12.7. The Labute approximate surface area is 122 Å². The number of carbonyl (C=O) groups is 1. The average molecular weight is 296 g/mol. The molecular weight excluding hydrogens is 278 g/mol. The minimum Gasteiger partial charge on any atom is -0.340 e. The van der Waals surface area contributed by atoms with Crippen molar-refractivity contribution in [3.63, 3.8) is 0 Å². The summed E-state index contributed by atoms with van der Waals surface area (Å²) in [7, 11) is 1.90. The van der Waals surface area contributed by atoms with Crippen LogP contribution in [-0.4, -0.2) is 25.7 Å². The van der Waals surface area contributed by atoms with E-state index in [-0.39, 0.29) is 23.6 Å². The van der Waals surface area contributed by atoms with Crippen LogP contribution in [0.4, 0.5) is 0 Å². The first kappa shape index (κ1) is 14.6. The Balaban J connectivity index is 2.24. The van der Waals surface area contributed by atoms with Crippen LogP contribution in [0.3, 0.4) is 0 Å². The smallest absolute Gasteiger partial charge is 0.273 e. The van der Waals surface area contributed by atoms with E-state index < -0.39 is 0 Å². The first-order valence-electron chi connectivity index (χ1n) is 6.40. The van der Waals surface area contributed by atoms with Crippen molar-refractivity contribution in [1.82, 2.24) is 25.1 Å². The summed E-state index contributed by atoms with van der Waals surface area (Å²) in [6.45, 7) is 5.82. The van der Waals surface area contributed by atoms with Crippen molar-refractivity contribution in [3.05, 3.63) is 34.6 Å². The van der Waals surface area contributed by atoms with Crippen LogP contribution in [0.1, 0.15) is 41.9 Å².